The van der Waals surface area contributed by atoms with Crippen molar-refractivity contribution in [1.29, 1.82) is 0 Å². The number of halogens is 1. The highest BCUT2D eigenvalue weighted by Gasteiger charge is 2.08. The molecule has 3 aromatic heterocycles. The second-order valence-electron chi connectivity index (χ2n) is 4.66. The highest BCUT2D eigenvalue weighted by Crippen LogP contribution is 2.28. The molecule has 3 heterocycles. The molecule has 0 atom stereocenters. The highest BCUT2D eigenvalue weighted by molar-refractivity contribution is 9.10. The summed E-state index contributed by atoms with van der Waals surface area (Å²) in [5.74, 6) is -0.0363. The van der Waals surface area contributed by atoms with E-state index in [1.165, 1.54) is 0 Å². The van der Waals surface area contributed by atoms with E-state index < -0.39 is 0 Å². The number of aromatic nitrogens is 3. The zero-order valence-corrected chi connectivity index (χ0v) is 12.9. The number of aryl methyl sites for hydroxylation is 1. The van der Waals surface area contributed by atoms with Gasteiger partial charge >= 0.3 is 0 Å². The molecule has 0 aliphatic heterocycles. The molecule has 0 amide bonds. The Kier molecular flexibility index (Phi) is 3.66. The maximum atomic E-state index is 9.88. The molecule has 3 aromatic rings. The fourth-order valence-electron chi connectivity index (χ4n) is 2.07. The van der Waals surface area contributed by atoms with Crippen molar-refractivity contribution in [2.24, 2.45) is 0 Å². The van der Waals surface area contributed by atoms with Gasteiger partial charge in [0.1, 0.15) is 0 Å². The molecule has 0 radical (unpaired) electrons. The lowest BCUT2D eigenvalue weighted by atomic mass is 10.1. The molecule has 0 spiro atoms. The molecule has 0 aliphatic rings. The molecule has 4 nitrogen and oxygen atoms in total. The first-order valence-corrected chi connectivity index (χ1v) is 7.17. The zero-order valence-electron chi connectivity index (χ0n) is 11.3. The van der Waals surface area contributed by atoms with Gasteiger partial charge in [0.25, 0.3) is 0 Å². The molecule has 1 N–H and O–H groups in total. The predicted molar refractivity (Wildman–Crippen MR) is 84.8 cm³/mol. The van der Waals surface area contributed by atoms with Crippen LogP contribution in [0.15, 0.2) is 53.3 Å². The Balaban J connectivity index is 2.12. The zero-order chi connectivity index (χ0) is 14.8. The van der Waals surface area contributed by atoms with Gasteiger partial charge in [-0.1, -0.05) is 6.07 Å². The minimum atomic E-state index is -0.0363. The summed E-state index contributed by atoms with van der Waals surface area (Å²) >= 11 is 3.40. The van der Waals surface area contributed by atoms with Crippen molar-refractivity contribution in [3.05, 3.63) is 59.0 Å². The monoisotopic (exact) mass is 341 g/mol. The number of aromatic hydroxyl groups is 1. The van der Waals surface area contributed by atoms with E-state index in [4.69, 9.17) is 0 Å². The molecule has 3 rings (SSSR count). The lowest BCUT2D eigenvalue weighted by Gasteiger charge is -2.07. The standard InChI is InChI=1S/C16H12BrN3O/c1-10-3-2-4-14(19-10)15-6-11(7-16(21)20-15)12-5-13(17)9-18-8-12/h2-9H,1H3,(H,20,21). The Hall–Kier alpha value is -2.27. The van der Waals surface area contributed by atoms with Crippen LogP contribution in [0.25, 0.3) is 22.5 Å². The summed E-state index contributed by atoms with van der Waals surface area (Å²) < 4.78 is 0.881. The lowest BCUT2D eigenvalue weighted by molar-refractivity contribution is 0.454. The van der Waals surface area contributed by atoms with Gasteiger partial charge in [0.2, 0.25) is 5.88 Å². The van der Waals surface area contributed by atoms with Crippen LogP contribution >= 0.6 is 15.9 Å². The van der Waals surface area contributed by atoms with Crippen molar-refractivity contribution < 1.29 is 5.11 Å². The summed E-state index contributed by atoms with van der Waals surface area (Å²) in [5.41, 5.74) is 4.01. The summed E-state index contributed by atoms with van der Waals surface area (Å²) in [6.07, 6.45) is 3.46. The first kappa shape index (κ1) is 13.7. The van der Waals surface area contributed by atoms with Crippen LogP contribution in [0.2, 0.25) is 0 Å². The summed E-state index contributed by atoms with van der Waals surface area (Å²) in [7, 11) is 0. The van der Waals surface area contributed by atoms with Gasteiger partial charge in [0, 0.05) is 34.2 Å². The number of rotatable bonds is 2. The average molecular weight is 342 g/mol. The fraction of sp³-hybridized carbons (Fsp3) is 0.0625. The summed E-state index contributed by atoms with van der Waals surface area (Å²) in [6, 6.07) is 11.2. The van der Waals surface area contributed by atoms with Gasteiger partial charge in [0.05, 0.1) is 11.4 Å². The normalized spacial score (nSPS) is 10.6. The van der Waals surface area contributed by atoms with E-state index in [1.54, 1.807) is 18.5 Å². The van der Waals surface area contributed by atoms with Gasteiger partial charge < -0.3 is 5.11 Å². The molecule has 0 aliphatic carbocycles. The Morgan fingerprint density at radius 1 is 0.952 bits per heavy atom. The van der Waals surface area contributed by atoms with E-state index in [0.717, 1.165) is 27.0 Å². The molecule has 0 fully saturated rings. The van der Waals surface area contributed by atoms with Crippen molar-refractivity contribution in [2.75, 3.05) is 0 Å². The molecule has 0 saturated heterocycles. The Bertz CT molecular complexity index is 741. The lowest BCUT2D eigenvalue weighted by Crippen LogP contribution is -1.91. The Labute approximate surface area is 130 Å². The van der Waals surface area contributed by atoms with Gasteiger partial charge in [-0.15, -0.1) is 0 Å². The maximum absolute atomic E-state index is 9.88. The molecular formula is C16H12BrN3O. The van der Waals surface area contributed by atoms with E-state index in [0.29, 0.717) is 5.69 Å². The molecule has 0 bridgehead atoms. The highest BCUT2D eigenvalue weighted by atomic mass is 79.9. The molecule has 0 aromatic carbocycles. The predicted octanol–water partition coefficient (Wildman–Crippen LogP) is 3.98. The molecule has 21 heavy (non-hydrogen) atoms. The molecule has 0 unspecified atom stereocenters. The minimum Gasteiger partial charge on any atom is -0.493 e. The topological polar surface area (TPSA) is 58.9 Å². The average Bonchev–Trinajstić information content (AvgIpc) is 2.46. The molecule has 5 heteroatoms. The number of hydrogen-bond donors (Lipinski definition) is 1. The second kappa shape index (κ2) is 5.61. The van der Waals surface area contributed by atoms with Crippen molar-refractivity contribution >= 4 is 15.9 Å². The Morgan fingerprint density at radius 3 is 2.57 bits per heavy atom. The van der Waals surface area contributed by atoms with Crippen molar-refractivity contribution in [2.45, 2.75) is 6.92 Å². The van der Waals surface area contributed by atoms with E-state index in [9.17, 15) is 5.11 Å². The van der Waals surface area contributed by atoms with Gasteiger partial charge in [-0.25, -0.2) is 4.98 Å². The van der Waals surface area contributed by atoms with Crippen LogP contribution in [-0.4, -0.2) is 20.1 Å². The van der Waals surface area contributed by atoms with Crippen LogP contribution in [0.5, 0.6) is 5.88 Å². The van der Waals surface area contributed by atoms with Crippen LogP contribution < -0.4 is 0 Å². The first-order chi connectivity index (χ1) is 10.1. The van der Waals surface area contributed by atoms with Crippen LogP contribution in [0, 0.1) is 6.92 Å². The van der Waals surface area contributed by atoms with Crippen molar-refractivity contribution in [3.63, 3.8) is 0 Å². The first-order valence-electron chi connectivity index (χ1n) is 6.38. The quantitative estimate of drug-likeness (QED) is 0.765. The van der Waals surface area contributed by atoms with E-state index in [1.807, 2.05) is 37.3 Å². The van der Waals surface area contributed by atoms with E-state index in [2.05, 4.69) is 30.9 Å². The largest absolute Gasteiger partial charge is 0.493 e. The number of pyridine rings is 3. The summed E-state index contributed by atoms with van der Waals surface area (Å²) in [6.45, 7) is 1.92. The van der Waals surface area contributed by atoms with Gasteiger partial charge in [-0.3, -0.25) is 9.97 Å². The third-order valence-electron chi connectivity index (χ3n) is 3.00. The SMILES string of the molecule is Cc1cccc(-c2cc(-c3cncc(Br)c3)cc(O)n2)n1. The van der Waals surface area contributed by atoms with Gasteiger partial charge in [-0.2, -0.15) is 0 Å². The smallest absolute Gasteiger partial charge is 0.211 e. The van der Waals surface area contributed by atoms with Crippen LogP contribution in [-0.2, 0) is 0 Å². The van der Waals surface area contributed by atoms with Crippen LogP contribution in [0.3, 0.4) is 0 Å². The summed E-state index contributed by atoms with van der Waals surface area (Å²) in [4.78, 5) is 12.7. The molecular weight excluding hydrogens is 330 g/mol. The second-order valence-corrected chi connectivity index (χ2v) is 5.57. The summed E-state index contributed by atoms with van der Waals surface area (Å²) in [5, 5.41) is 9.88. The van der Waals surface area contributed by atoms with Crippen LogP contribution in [0.1, 0.15) is 5.69 Å². The Morgan fingerprint density at radius 2 is 1.81 bits per heavy atom. The fourth-order valence-corrected chi connectivity index (χ4v) is 2.43. The molecule has 0 saturated carbocycles. The van der Waals surface area contributed by atoms with E-state index in [-0.39, 0.29) is 5.88 Å². The minimum absolute atomic E-state index is 0.0363. The third-order valence-corrected chi connectivity index (χ3v) is 3.43. The van der Waals surface area contributed by atoms with Gasteiger partial charge in [-0.05, 0) is 52.7 Å². The third kappa shape index (κ3) is 3.08. The van der Waals surface area contributed by atoms with Crippen molar-refractivity contribution in [1.82, 2.24) is 15.0 Å². The van der Waals surface area contributed by atoms with Crippen LogP contribution in [0.4, 0.5) is 0 Å². The van der Waals surface area contributed by atoms with Crippen molar-refractivity contribution in [3.8, 4) is 28.4 Å². The maximum Gasteiger partial charge on any atom is 0.211 e. The molecule has 104 valence electrons. The number of nitrogens with zero attached hydrogens (tertiary/aromatic N) is 3. The van der Waals surface area contributed by atoms with Gasteiger partial charge in [0.15, 0.2) is 0 Å². The van der Waals surface area contributed by atoms with E-state index >= 15 is 0 Å². The number of hydrogen-bond acceptors (Lipinski definition) is 4.